The van der Waals surface area contributed by atoms with E-state index in [0.717, 1.165) is 19.4 Å². The van der Waals surface area contributed by atoms with Gasteiger partial charge in [-0.15, -0.1) is 0 Å². The maximum Gasteiger partial charge on any atom is 0.112 e. The van der Waals surface area contributed by atoms with E-state index in [0.29, 0.717) is 0 Å². The van der Waals surface area contributed by atoms with Crippen LogP contribution in [0.25, 0.3) is 11.3 Å². The lowest BCUT2D eigenvalue weighted by atomic mass is 9.90. The molecule has 140 valence electrons. The quantitative estimate of drug-likeness (QED) is 0.527. The molecule has 0 saturated heterocycles. The maximum absolute atomic E-state index is 5.35. The van der Waals surface area contributed by atoms with Crippen LogP contribution in [0, 0.1) is 0 Å². The molecule has 0 saturated carbocycles. The zero-order chi connectivity index (χ0) is 18.9. The Bertz CT molecular complexity index is 915. The second-order valence-electron chi connectivity index (χ2n) is 7.82. The van der Waals surface area contributed by atoms with Crippen molar-refractivity contribution in [2.45, 2.75) is 58.3 Å². The molecule has 2 nitrogen and oxygen atoms in total. The van der Waals surface area contributed by atoms with Crippen molar-refractivity contribution in [3.63, 3.8) is 0 Å². The lowest BCUT2D eigenvalue weighted by Crippen LogP contribution is -2.48. The Labute approximate surface area is 164 Å². The summed E-state index contributed by atoms with van der Waals surface area (Å²) in [4.78, 5) is 0. The van der Waals surface area contributed by atoms with Crippen molar-refractivity contribution in [3.05, 3.63) is 71.3 Å². The molecule has 0 amide bonds. The van der Waals surface area contributed by atoms with Gasteiger partial charge in [-0.25, -0.2) is 0 Å². The molecule has 0 bridgehead atoms. The van der Waals surface area contributed by atoms with Gasteiger partial charge in [0.05, 0.1) is 12.2 Å². The van der Waals surface area contributed by atoms with Crippen LogP contribution in [-0.2, 0) is 19.4 Å². The fourth-order valence-electron chi connectivity index (χ4n) is 4.82. The van der Waals surface area contributed by atoms with Crippen LogP contribution in [0.4, 0.5) is 0 Å². The Morgan fingerprint density at radius 1 is 0.852 bits per heavy atom. The molecule has 3 heteroatoms. The van der Waals surface area contributed by atoms with Crippen molar-refractivity contribution in [2.24, 2.45) is 0 Å². The van der Waals surface area contributed by atoms with Gasteiger partial charge in [-0.05, 0) is 29.5 Å². The van der Waals surface area contributed by atoms with Gasteiger partial charge in [0.15, 0.2) is 0 Å². The molecular formula is C24H30N2Si. The fraction of sp³-hybridized carbons (Fsp3) is 0.375. The first kappa shape index (κ1) is 18.2. The van der Waals surface area contributed by atoms with Crippen LogP contribution in [0.15, 0.2) is 54.6 Å². The third-order valence-corrected chi connectivity index (χ3v) is 12.1. The molecule has 0 radical (unpaired) electrons. The first-order chi connectivity index (χ1) is 13.2. The average Bonchev–Trinajstić information content (AvgIpc) is 3.10. The summed E-state index contributed by atoms with van der Waals surface area (Å²) in [6, 6.07) is 23.6. The molecule has 1 aromatic heterocycles. The van der Waals surface area contributed by atoms with E-state index in [-0.39, 0.29) is 0 Å². The number of aryl methyl sites for hydroxylation is 1. The Morgan fingerprint density at radius 3 is 2.22 bits per heavy atom. The van der Waals surface area contributed by atoms with Crippen LogP contribution >= 0.6 is 0 Å². The van der Waals surface area contributed by atoms with E-state index < -0.39 is 8.07 Å². The van der Waals surface area contributed by atoms with Crippen LogP contribution in [0.2, 0.25) is 18.1 Å². The van der Waals surface area contributed by atoms with E-state index in [9.17, 15) is 0 Å². The number of aromatic nitrogens is 2. The summed E-state index contributed by atoms with van der Waals surface area (Å²) in [5, 5.41) is 6.85. The van der Waals surface area contributed by atoms with Crippen LogP contribution < -0.4 is 5.32 Å². The highest BCUT2D eigenvalue weighted by atomic mass is 28.3. The minimum absolute atomic E-state index is 0.860. The molecule has 3 aromatic rings. The van der Waals surface area contributed by atoms with Gasteiger partial charge in [0, 0.05) is 10.9 Å². The third kappa shape index (κ3) is 3.08. The summed E-state index contributed by atoms with van der Waals surface area (Å²) in [6.45, 7) is 8.02. The molecule has 1 aliphatic rings. The molecule has 0 atom stereocenters. The number of nitrogens with zero attached hydrogens (tertiary/aromatic N) is 2. The molecule has 27 heavy (non-hydrogen) atoms. The molecule has 0 spiro atoms. The van der Waals surface area contributed by atoms with Crippen molar-refractivity contribution < 1.29 is 0 Å². The lowest BCUT2D eigenvalue weighted by Gasteiger charge is -2.28. The van der Waals surface area contributed by atoms with Gasteiger partial charge >= 0.3 is 0 Å². The largest absolute Gasteiger partial charge is 0.260 e. The number of hydrogen-bond donors (Lipinski definition) is 0. The minimum Gasteiger partial charge on any atom is -0.260 e. The van der Waals surface area contributed by atoms with Crippen molar-refractivity contribution in [2.75, 3.05) is 0 Å². The standard InChI is InChI=1S/C24H30N2Si/c1-4-27(5-2,6-3)24-22-17-16-20-14-10-11-15-21(20)23(22)26(25-24)18-19-12-8-7-9-13-19/h7-15H,4-6,16-18H2,1-3H3. The second kappa shape index (κ2) is 7.47. The van der Waals surface area contributed by atoms with Gasteiger partial charge in [0.25, 0.3) is 0 Å². The van der Waals surface area contributed by atoms with E-state index >= 15 is 0 Å². The van der Waals surface area contributed by atoms with Crippen molar-refractivity contribution >= 4 is 13.4 Å². The zero-order valence-electron chi connectivity index (χ0n) is 16.8. The van der Waals surface area contributed by atoms with Gasteiger partial charge in [-0.2, -0.15) is 5.10 Å². The lowest BCUT2D eigenvalue weighted by molar-refractivity contribution is 0.695. The Kier molecular flexibility index (Phi) is 5.05. The van der Waals surface area contributed by atoms with E-state index in [1.165, 1.54) is 45.8 Å². The van der Waals surface area contributed by atoms with Gasteiger partial charge in [0.1, 0.15) is 8.07 Å². The van der Waals surface area contributed by atoms with E-state index in [4.69, 9.17) is 5.10 Å². The van der Waals surface area contributed by atoms with E-state index in [1.807, 2.05) is 0 Å². The van der Waals surface area contributed by atoms with Crippen LogP contribution in [0.3, 0.4) is 0 Å². The van der Waals surface area contributed by atoms with Crippen LogP contribution in [0.1, 0.15) is 37.5 Å². The molecule has 1 aliphatic carbocycles. The third-order valence-electron chi connectivity index (χ3n) is 6.68. The normalized spacial score (nSPS) is 13.3. The molecule has 4 rings (SSSR count). The smallest absolute Gasteiger partial charge is 0.112 e. The summed E-state index contributed by atoms with van der Waals surface area (Å²) in [5.41, 5.74) is 7.15. The van der Waals surface area contributed by atoms with Crippen molar-refractivity contribution in [3.8, 4) is 11.3 Å². The minimum atomic E-state index is -1.52. The van der Waals surface area contributed by atoms with Crippen molar-refractivity contribution in [1.82, 2.24) is 9.78 Å². The SMILES string of the molecule is CC[Si](CC)(CC)c1nn(Cc2ccccc2)c2c1CCc1ccccc1-2. The summed E-state index contributed by atoms with van der Waals surface area (Å²) in [7, 11) is -1.52. The van der Waals surface area contributed by atoms with Gasteiger partial charge in [0.2, 0.25) is 0 Å². The fourth-order valence-corrected chi connectivity index (χ4v) is 8.54. The molecule has 0 N–H and O–H groups in total. The molecule has 1 heterocycles. The first-order valence-corrected chi connectivity index (χ1v) is 13.1. The Hall–Kier alpha value is -2.13. The molecule has 2 aromatic carbocycles. The number of benzene rings is 2. The zero-order valence-corrected chi connectivity index (χ0v) is 17.8. The molecular weight excluding hydrogens is 344 g/mol. The second-order valence-corrected chi connectivity index (χ2v) is 13.0. The molecule has 0 aliphatic heterocycles. The molecule has 0 unspecified atom stereocenters. The molecule has 0 fully saturated rings. The summed E-state index contributed by atoms with van der Waals surface area (Å²) in [5.74, 6) is 0. The first-order valence-electron chi connectivity index (χ1n) is 10.4. The summed E-state index contributed by atoms with van der Waals surface area (Å²) in [6.07, 6.45) is 2.29. The van der Waals surface area contributed by atoms with Crippen LogP contribution in [0.5, 0.6) is 0 Å². The van der Waals surface area contributed by atoms with Gasteiger partial charge in [-0.3, -0.25) is 4.68 Å². The predicted octanol–water partition coefficient (Wildman–Crippen LogP) is 5.41. The average molecular weight is 375 g/mol. The Balaban J connectivity index is 1.92. The van der Waals surface area contributed by atoms with E-state index in [2.05, 4.69) is 80.1 Å². The van der Waals surface area contributed by atoms with E-state index in [1.54, 1.807) is 5.56 Å². The van der Waals surface area contributed by atoms with Gasteiger partial charge in [-0.1, -0.05) is 93.5 Å². The van der Waals surface area contributed by atoms with Gasteiger partial charge < -0.3 is 0 Å². The van der Waals surface area contributed by atoms with Crippen LogP contribution in [-0.4, -0.2) is 17.9 Å². The predicted molar refractivity (Wildman–Crippen MR) is 117 cm³/mol. The maximum atomic E-state index is 5.35. The highest BCUT2D eigenvalue weighted by Crippen LogP contribution is 2.35. The summed E-state index contributed by atoms with van der Waals surface area (Å²) < 4.78 is 2.32. The number of hydrogen-bond acceptors (Lipinski definition) is 1. The van der Waals surface area contributed by atoms with Crippen molar-refractivity contribution in [1.29, 1.82) is 0 Å². The summed E-state index contributed by atoms with van der Waals surface area (Å²) >= 11 is 0. The number of fused-ring (bicyclic) bond motifs is 3. The number of rotatable bonds is 6. The topological polar surface area (TPSA) is 17.8 Å². The Morgan fingerprint density at radius 2 is 1.52 bits per heavy atom. The highest BCUT2D eigenvalue weighted by Gasteiger charge is 2.37. The monoisotopic (exact) mass is 374 g/mol. The highest BCUT2D eigenvalue weighted by molar-refractivity contribution is 6.91.